The van der Waals surface area contributed by atoms with Crippen LogP contribution in [0.4, 0.5) is 5.69 Å². The number of nitrogens with zero attached hydrogens (tertiary/aromatic N) is 1. The van der Waals surface area contributed by atoms with Gasteiger partial charge in [-0.1, -0.05) is 19.1 Å². The van der Waals surface area contributed by atoms with E-state index in [1.54, 1.807) is 19.2 Å². The molecule has 0 aliphatic heterocycles. The molecule has 1 rings (SSSR count). The highest BCUT2D eigenvalue weighted by Crippen LogP contribution is 2.17. The minimum atomic E-state index is -3.49. The van der Waals surface area contributed by atoms with Crippen LogP contribution in [0, 0.1) is 0 Å². The zero-order valence-corrected chi connectivity index (χ0v) is 13.7. The van der Waals surface area contributed by atoms with Gasteiger partial charge in [0.25, 0.3) is 0 Å². The zero-order valence-electron chi connectivity index (χ0n) is 12.8. The molecule has 6 heteroatoms. The summed E-state index contributed by atoms with van der Waals surface area (Å²) in [6.45, 7) is 8.70. The van der Waals surface area contributed by atoms with Crippen LogP contribution in [-0.2, 0) is 10.2 Å². The van der Waals surface area contributed by atoms with Crippen molar-refractivity contribution < 1.29 is 8.42 Å². The fraction of sp³-hybridized carbons (Fsp3) is 0.571. The summed E-state index contributed by atoms with van der Waals surface area (Å²) in [6.07, 6.45) is 0. The second-order valence-corrected chi connectivity index (χ2v) is 6.85. The monoisotopic (exact) mass is 299 g/mol. The van der Waals surface area contributed by atoms with Gasteiger partial charge in [0, 0.05) is 24.8 Å². The second-order valence-electron chi connectivity index (χ2n) is 5.12. The maximum Gasteiger partial charge on any atom is 0.301 e. The van der Waals surface area contributed by atoms with Crippen LogP contribution in [-0.4, -0.2) is 32.4 Å². The second kappa shape index (κ2) is 7.06. The van der Waals surface area contributed by atoms with Crippen LogP contribution in [0.2, 0.25) is 0 Å². The van der Waals surface area contributed by atoms with Gasteiger partial charge in [0.2, 0.25) is 0 Å². The molecule has 2 N–H and O–H groups in total. The standard InChI is InChI=1S/C14H25N3O2S/c1-6-15-12(4)13-7-9-14(10-8-13)16-20(18,19)17(5)11(2)3/h7-12,15-16H,6H2,1-5H3. The minimum Gasteiger partial charge on any atom is -0.310 e. The molecule has 0 aromatic heterocycles. The van der Waals surface area contributed by atoms with Gasteiger partial charge in [0.05, 0.1) is 0 Å². The Labute approximate surface area is 122 Å². The van der Waals surface area contributed by atoms with E-state index in [4.69, 9.17) is 0 Å². The van der Waals surface area contributed by atoms with Crippen molar-refractivity contribution in [2.45, 2.75) is 39.8 Å². The van der Waals surface area contributed by atoms with Crippen LogP contribution in [0.15, 0.2) is 24.3 Å². The third kappa shape index (κ3) is 4.47. The van der Waals surface area contributed by atoms with E-state index in [-0.39, 0.29) is 12.1 Å². The molecule has 0 fully saturated rings. The van der Waals surface area contributed by atoms with Crippen molar-refractivity contribution in [3.8, 4) is 0 Å². The van der Waals surface area contributed by atoms with E-state index in [0.717, 1.165) is 12.1 Å². The Kier molecular flexibility index (Phi) is 5.98. The first-order chi connectivity index (χ1) is 9.27. The lowest BCUT2D eigenvalue weighted by atomic mass is 10.1. The lowest BCUT2D eigenvalue weighted by Gasteiger charge is -2.22. The average Bonchev–Trinajstić information content (AvgIpc) is 2.38. The SMILES string of the molecule is CCNC(C)c1ccc(NS(=O)(=O)N(C)C(C)C)cc1. The number of anilines is 1. The summed E-state index contributed by atoms with van der Waals surface area (Å²) in [5, 5.41) is 3.32. The van der Waals surface area contributed by atoms with Gasteiger partial charge in [-0.3, -0.25) is 4.72 Å². The van der Waals surface area contributed by atoms with Gasteiger partial charge in [0.1, 0.15) is 0 Å². The quantitative estimate of drug-likeness (QED) is 0.812. The van der Waals surface area contributed by atoms with Crippen molar-refractivity contribution in [3.05, 3.63) is 29.8 Å². The highest BCUT2D eigenvalue weighted by Gasteiger charge is 2.20. The smallest absolute Gasteiger partial charge is 0.301 e. The Hall–Kier alpha value is -1.11. The molecule has 114 valence electrons. The lowest BCUT2D eigenvalue weighted by Crippen LogP contribution is -2.37. The number of rotatable bonds is 7. The van der Waals surface area contributed by atoms with Crippen molar-refractivity contribution >= 4 is 15.9 Å². The normalized spacial score (nSPS) is 13.8. The van der Waals surface area contributed by atoms with Crippen LogP contribution >= 0.6 is 0 Å². The van der Waals surface area contributed by atoms with E-state index in [1.165, 1.54) is 4.31 Å². The van der Waals surface area contributed by atoms with Gasteiger partial charge in [-0.05, 0) is 45.0 Å². The van der Waals surface area contributed by atoms with E-state index < -0.39 is 10.2 Å². The van der Waals surface area contributed by atoms with Gasteiger partial charge in [-0.2, -0.15) is 12.7 Å². The number of nitrogens with one attached hydrogen (secondary N) is 2. The van der Waals surface area contributed by atoms with Crippen molar-refractivity contribution in [2.24, 2.45) is 0 Å². The molecular formula is C14H25N3O2S. The molecule has 0 saturated heterocycles. The highest BCUT2D eigenvalue weighted by molar-refractivity contribution is 7.90. The first-order valence-electron chi connectivity index (χ1n) is 6.87. The van der Waals surface area contributed by atoms with E-state index in [2.05, 4.69) is 23.9 Å². The van der Waals surface area contributed by atoms with Crippen LogP contribution < -0.4 is 10.0 Å². The molecule has 1 atom stereocenters. The third-order valence-corrected chi connectivity index (χ3v) is 4.95. The first kappa shape index (κ1) is 16.9. The minimum absolute atomic E-state index is 0.0828. The van der Waals surface area contributed by atoms with Crippen molar-refractivity contribution in [1.29, 1.82) is 0 Å². The molecule has 5 nitrogen and oxygen atoms in total. The first-order valence-corrected chi connectivity index (χ1v) is 8.31. The number of hydrogen-bond donors (Lipinski definition) is 2. The van der Waals surface area contributed by atoms with Crippen molar-refractivity contribution in [2.75, 3.05) is 18.3 Å². The van der Waals surface area contributed by atoms with Gasteiger partial charge in [-0.15, -0.1) is 0 Å². The molecule has 0 aliphatic rings. The molecule has 0 aliphatic carbocycles. The van der Waals surface area contributed by atoms with E-state index in [0.29, 0.717) is 5.69 Å². The predicted molar refractivity (Wildman–Crippen MR) is 84.0 cm³/mol. The lowest BCUT2D eigenvalue weighted by molar-refractivity contribution is 0.414. The Balaban J connectivity index is 2.80. The highest BCUT2D eigenvalue weighted by atomic mass is 32.2. The summed E-state index contributed by atoms with van der Waals surface area (Å²) in [5.74, 6) is 0. The van der Waals surface area contributed by atoms with Gasteiger partial charge in [0.15, 0.2) is 0 Å². The molecule has 1 unspecified atom stereocenters. The Bertz CT molecular complexity index is 512. The summed E-state index contributed by atoms with van der Waals surface area (Å²) < 4.78 is 28.0. The van der Waals surface area contributed by atoms with Crippen LogP contribution in [0.1, 0.15) is 39.3 Å². The molecule has 1 aromatic carbocycles. The molecule has 0 heterocycles. The maximum atomic E-state index is 12.1. The number of hydrogen-bond acceptors (Lipinski definition) is 3. The fourth-order valence-corrected chi connectivity index (χ4v) is 2.90. The zero-order chi connectivity index (χ0) is 15.3. The summed E-state index contributed by atoms with van der Waals surface area (Å²) in [7, 11) is -1.92. The van der Waals surface area contributed by atoms with Crippen LogP contribution in [0.25, 0.3) is 0 Å². The van der Waals surface area contributed by atoms with Crippen LogP contribution in [0.5, 0.6) is 0 Å². The van der Waals surface area contributed by atoms with Gasteiger partial charge >= 0.3 is 10.2 Å². The Morgan fingerprint density at radius 3 is 2.15 bits per heavy atom. The number of benzene rings is 1. The summed E-state index contributed by atoms with van der Waals surface area (Å²) in [5.41, 5.74) is 1.71. The van der Waals surface area contributed by atoms with Crippen molar-refractivity contribution in [3.63, 3.8) is 0 Å². The summed E-state index contributed by atoms with van der Waals surface area (Å²) >= 11 is 0. The molecule has 0 amide bonds. The van der Waals surface area contributed by atoms with Gasteiger partial charge in [-0.25, -0.2) is 0 Å². The molecule has 1 aromatic rings. The van der Waals surface area contributed by atoms with Gasteiger partial charge < -0.3 is 5.32 Å². The van der Waals surface area contributed by atoms with E-state index in [1.807, 2.05) is 26.0 Å². The largest absolute Gasteiger partial charge is 0.310 e. The Morgan fingerprint density at radius 1 is 1.15 bits per heavy atom. The summed E-state index contributed by atoms with van der Waals surface area (Å²) in [6, 6.07) is 7.61. The van der Waals surface area contributed by atoms with Crippen molar-refractivity contribution in [1.82, 2.24) is 9.62 Å². The molecule has 0 saturated carbocycles. The average molecular weight is 299 g/mol. The van der Waals surface area contributed by atoms with Crippen LogP contribution in [0.3, 0.4) is 0 Å². The summed E-state index contributed by atoms with van der Waals surface area (Å²) in [4.78, 5) is 0. The molecule has 0 spiro atoms. The Morgan fingerprint density at radius 2 is 1.70 bits per heavy atom. The maximum absolute atomic E-state index is 12.1. The van der Waals surface area contributed by atoms with E-state index >= 15 is 0 Å². The fourth-order valence-electron chi connectivity index (χ4n) is 1.76. The molecule has 0 radical (unpaired) electrons. The third-order valence-electron chi connectivity index (χ3n) is 3.27. The molecule has 20 heavy (non-hydrogen) atoms. The molecular weight excluding hydrogens is 274 g/mol. The predicted octanol–water partition coefficient (Wildman–Crippen LogP) is 2.35. The topological polar surface area (TPSA) is 61.4 Å². The molecule has 0 bridgehead atoms. The van der Waals surface area contributed by atoms with E-state index in [9.17, 15) is 8.42 Å².